The van der Waals surface area contributed by atoms with Crippen molar-refractivity contribution >= 4 is 0 Å². The van der Waals surface area contributed by atoms with Gasteiger partial charge < -0.3 is 5.32 Å². The van der Waals surface area contributed by atoms with E-state index in [0.29, 0.717) is 0 Å². The number of piperidine rings is 1. The highest BCUT2D eigenvalue weighted by molar-refractivity contribution is 4.89. The molecule has 1 aliphatic carbocycles. The number of nitrogens with zero attached hydrogens (tertiary/aromatic N) is 1. The molecule has 0 bridgehead atoms. The lowest BCUT2D eigenvalue weighted by Gasteiger charge is -2.47. The molecular formula is C15H30N2. The van der Waals surface area contributed by atoms with E-state index < -0.39 is 0 Å². The summed E-state index contributed by atoms with van der Waals surface area (Å²) in [5.74, 6) is 1.03. The van der Waals surface area contributed by atoms with Gasteiger partial charge >= 0.3 is 0 Å². The quantitative estimate of drug-likeness (QED) is 0.741. The zero-order chi connectivity index (χ0) is 12.1. The monoisotopic (exact) mass is 238 g/mol. The number of likely N-dealkylation sites (tertiary alicyclic amines) is 1. The van der Waals surface area contributed by atoms with Crippen LogP contribution in [0.1, 0.15) is 58.8 Å². The molecule has 2 nitrogen and oxygen atoms in total. The Labute approximate surface area is 107 Å². The lowest BCUT2D eigenvalue weighted by molar-refractivity contribution is 0.0289. The first kappa shape index (κ1) is 13.4. The fourth-order valence-corrected chi connectivity index (χ4v) is 3.86. The Morgan fingerprint density at radius 3 is 2.76 bits per heavy atom. The molecular weight excluding hydrogens is 208 g/mol. The minimum atomic E-state index is 0.778. The standard InChI is InChI=1S/C15H30N2/c1-3-16-11-10-13(2)17-12-6-8-14-7-4-5-9-15(14)17/h13-16H,3-12H2,1-2H3. The maximum atomic E-state index is 3.46. The molecule has 2 fully saturated rings. The molecule has 0 aromatic heterocycles. The van der Waals surface area contributed by atoms with Crippen molar-refractivity contribution < 1.29 is 0 Å². The van der Waals surface area contributed by atoms with Gasteiger partial charge in [-0.15, -0.1) is 0 Å². The van der Waals surface area contributed by atoms with E-state index in [0.717, 1.165) is 24.5 Å². The molecule has 100 valence electrons. The van der Waals surface area contributed by atoms with Gasteiger partial charge in [0.05, 0.1) is 0 Å². The van der Waals surface area contributed by atoms with Gasteiger partial charge in [-0.2, -0.15) is 0 Å². The first-order valence-electron chi connectivity index (χ1n) is 7.79. The van der Waals surface area contributed by atoms with E-state index in [-0.39, 0.29) is 0 Å². The van der Waals surface area contributed by atoms with Crippen LogP contribution in [0, 0.1) is 5.92 Å². The van der Waals surface area contributed by atoms with E-state index in [2.05, 4.69) is 24.1 Å². The highest BCUT2D eigenvalue weighted by atomic mass is 15.2. The van der Waals surface area contributed by atoms with Gasteiger partial charge in [0.15, 0.2) is 0 Å². The third kappa shape index (κ3) is 3.45. The zero-order valence-electron chi connectivity index (χ0n) is 11.8. The molecule has 1 saturated carbocycles. The first-order valence-corrected chi connectivity index (χ1v) is 7.79. The van der Waals surface area contributed by atoms with Gasteiger partial charge in [0.1, 0.15) is 0 Å². The summed E-state index contributed by atoms with van der Waals surface area (Å²) in [6.07, 6.45) is 10.2. The predicted molar refractivity (Wildman–Crippen MR) is 74.3 cm³/mol. The van der Waals surface area contributed by atoms with Crippen molar-refractivity contribution in [2.75, 3.05) is 19.6 Å². The fraction of sp³-hybridized carbons (Fsp3) is 1.00. The van der Waals surface area contributed by atoms with Crippen LogP contribution >= 0.6 is 0 Å². The average molecular weight is 238 g/mol. The Morgan fingerprint density at radius 1 is 1.18 bits per heavy atom. The minimum Gasteiger partial charge on any atom is -0.317 e. The summed E-state index contributed by atoms with van der Waals surface area (Å²) in [5, 5.41) is 3.46. The topological polar surface area (TPSA) is 15.3 Å². The molecule has 0 radical (unpaired) electrons. The van der Waals surface area contributed by atoms with E-state index in [1.165, 1.54) is 58.0 Å². The summed E-state index contributed by atoms with van der Waals surface area (Å²) in [6, 6.07) is 1.70. The Morgan fingerprint density at radius 2 is 1.94 bits per heavy atom. The second kappa shape index (κ2) is 6.75. The molecule has 3 unspecified atom stereocenters. The van der Waals surface area contributed by atoms with Crippen LogP contribution in [0.2, 0.25) is 0 Å². The normalized spacial score (nSPS) is 32.1. The summed E-state index contributed by atoms with van der Waals surface area (Å²) >= 11 is 0. The number of hydrogen-bond donors (Lipinski definition) is 1. The highest BCUT2D eigenvalue weighted by Crippen LogP contribution is 2.36. The van der Waals surface area contributed by atoms with Crippen molar-refractivity contribution in [2.24, 2.45) is 5.92 Å². The van der Waals surface area contributed by atoms with Crippen LogP contribution in [0.5, 0.6) is 0 Å². The SMILES string of the molecule is CCNCCC(C)N1CCCC2CCCCC21. The van der Waals surface area contributed by atoms with Crippen molar-refractivity contribution in [2.45, 2.75) is 70.9 Å². The van der Waals surface area contributed by atoms with Gasteiger partial charge in [-0.1, -0.05) is 19.8 Å². The highest BCUT2D eigenvalue weighted by Gasteiger charge is 2.34. The molecule has 0 amide bonds. The second-order valence-corrected chi connectivity index (χ2v) is 5.98. The minimum absolute atomic E-state index is 0.778. The van der Waals surface area contributed by atoms with Crippen LogP contribution in [0.15, 0.2) is 0 Å². The van der Waals surface area contributed by atoms with Crippen molar-refractivity contribution in [3.05, 3.63) is 0 Å². The number of rotatable bonds is 5. The van der Waals surface area contributed by atoms with Crippen LogP contribution in [0.25, 0.3) is 0 Å². The van der Waals surface area contributed by atoms with E-state index in [1.807, 2.05) is 0 Å². The van der Waals surface area contributed by atoms with Crippen molar-refractivity contribution in [1.82, 2.24) is 10.2 Å². The molecule has 2 heteroatoms. The summed E-state index contributed by atoms with van der Waals surface area (Å²) in [5.41, 5.74) is 0. The van der Waals surface area contributed by atoms with Gasteiger partial charge in [0, 0.05) is 12.1 Å². The van der Waals surface area contributed by atoms with Gasteiger partial charge in [0.2, 0.25) is 0 Å². The first-order chi connectivity index (χ1) is 8.33. The van der Waals surface area contributed by atoms with Gasteiger partial charge in [-0.3, -0.25) is 4.90 Å². The molecule has 1 N–H and O–H groups in total. The van der Waals surface area contributed by atoms with E-state index >= 15 is 0 Å². The Kier molecular flexibility index (Phi) is 5.30. The molecule has 0 spiro atoms. The number of hydrogen-bond acceptors (Lipinski definition) is 2. The van der Waals surface area contributed by atoms with E-state index in [9.17, 15) is 0 Å². The molecule has 1 saturated heterocycles. The van der Waals surface area contributed by atoms with E-state index in [1.54, 1.807) is 0 Å². The van der Waals surface area contributed by atoms with Crippen LogP contribution in [0.3, 0.4) is 0 Å². The van der Waals surface area contributed by atoms with Crippen molar-refractivity contribution in [3.8, 4) is 0 Å². The summed E-state index contributed by atoms with van der Waals surface area (Å²) < 4.78 is 0. The second-order valence-electron chi connectivity index (χ2n) is 5.98. The van der Waals surface area contributed by atoms with E-state index in [4.69, 9.17) is 0 Å². The van der Waals surface area contributed by atoms with Crippen LogP contribution in [-0.4, -0.2) is 36.6 Å². The summed E-state index contributed by atoms with van der Waals surface area (Å²) in [7, 11) is 0. The third-order valence-corrected chi connectivity index (χ3v) is 4.84. The predicted octanol–water partition coefficient (Wildman–Crippen LogP) is 3.03. The molecule has 0 aromatic rings. The lowest BCUT2D eigenvalue weighted by Crippen LogP contribution is -2.51. The lowest BCUT2D eigenvalue weighted by atomic mass is 9.77. The van der Waals surface area contributed by atoms with Crippen LogP contribution < -0.4 is 5.32 Å². The Bertz CT molecular complexity index is 215. The summed E-state index contributed by atoms with van der Waals surface area (Å²) in [4.78, 5) is 2.84. The fourth-order valence-electron chi connectivity index (χ4n) is 3.86. The summed E-state index contributed by atoms with van der Waals surface area (Å²) in [6.45, 7) is 8.29. The van der Waals surface area contributed by atoms with Gasteiger partial charge in [-0.25, -0.2) is 0 Å². The molecule has 2 aliphatic rings. The maximum Gasteiger partial charge on any atom is 0.0126 e. The Balaban J connectivity index is 1.84. The third-order valence-electron chi connectivity index (χ3n) is 4.84. The number of nitrogens with one attached hydrogen (secondary N) is 1. The van der Waals surface area contributed by atoms with Crippen LogP contribution in [0.4, 0.5) is 0 Å². The molecule has 17 heavy (non-hydrogen) atoms. The Hall–Kier alpha value is -0.0800. The smallest absolute Gasteiger partial charge is 0.0126 e. The molecule has 1 heterocycles. The molecule has 1 aliphatic heterocycles. The molecule has 2 rings (SSSR count). The zero-order valence-corrected chi connectivity index (χ0v) is 11.8. The van der Waals surface area contributed by atoms with Crippen molar-refractivity contribution in [3.63, 3.8) is 0 Å². The largest absolute Gasteiger partial charge is 0.317 e. The number of fused-ring (bicyclic) bond motifs is 1. The van der Waals surface area contributed by atoms with Gasteiger partial charge in [-0.05, 0) is 64.6 Å². The van der Waals surface area contributed by atoms with Crippen LogP contribution in [-0.2, 0) is 0 Å². The average Bonchev–Trinajstić information content (AvgIpc) is 2.38. The molecule has 3 atom stereocenters. The molecule has 0 aromatic carbocycles. The van der Waals surface area contributed by atoms with Gasteiger partial charge in [0.25, 0.3) is 0 Å². The maximum absolute atomic E-state index is 3.46. The van der Waals surface area contributed by atoms with Crippen molar-refractivity contribution in [1.29, 1.82) is 0 Å².